The zero-order chi connectivity index (χ0) is 17.6. The molecule has 3 aromatic rings. The molecule has 1 amide bonds. The van der Waals surface area contributed by atoms with Crippen LogP contribution in [0.4, 0.5) is 5.69 Å². The summed E-state index contributed by atoms with van der Waals surface area (Å²) in [5, 5.41) is 3.56. The van der Waals surface area contributed by atoms with E-state index in [0.717, 1.165) is 16.8 Å². The van der Waals surface area contributed by atoms with Crippen LogP contribution in [0.15, 0.2) is 72.8 Å². The van der Waals surface area contributed by atoms with Crippen LogP contribution in [0.25, 0.3) is 0 Å². The number of benzene rings is 3. The minimum Gasteiger partial charge on any atom is -0.489 e. The number of carbonyl (C=O) groups is 1. The molecule has 0 aliphatic heterocycles. The summed E-state index contributed by atoms with van der Waals surface area (Å²) < 4.78 is 5.77. The predicted octanol–water partition coefficient (Wildman–Crippen LogP) is 5.48. The molecule has 0 radical (unpaired) electrons. The maximum absolute atomic E-state index is 12.4. The van der Waals surface area contributed by atoms with E-state index in [1.54, 1.807) is 18.2 Å². The van der Waals surface area contributed by atoms with Gasteiger partial charge in [-0.15, -0.1) is 0 Å². The lowest BCUT2D eigenvalue weighted by molar-refractivity contribution is 0.102. The number of ether oxygens (including phenoxy) is 1. The summed E-state index contributed by atoms with van der Waals surface area (Å²) in [6.07, 6.45) is 0. The Morgan fingerprint density at radius 1 is 1.00 bits per heavy atom. The van der Waals surface area contributed by atoms with Crippen molar-refractivity contribution in [2.45, 2.75) is 13.5 Å². The molecule has 4 heteroatoms. The normalized spacial score (nSPS) is 10.3. The minimum atomic E-state index is -0.169. The maximum Gasteiger partial charge on any atom is 0.255 e. The Morgan fingerprint density at radius 3 is 2.52 bits per heavy atom. The molecule has 3 rings (SSSR count). The molecule has 0 unspecified atom stereocenters. The number of hydrogen-bond acceptors (Lipinski definition) is 2. The van der Waals surface area contributed by atoms with E-state index in [1.165, 1.54) is 0 Å². The molecule has 0 heterocycles. The summed E-state index contributed by atoms with van der Waals surface area (Å²) in [7, 11) is 0. The van der Waals surface area contributed by atoms with Gasteiger partial charge < -0.3 is 10.1 Å². The lowest BCUT2D eigenvalue weighted by Crippen LogP contribution is -2.11. The second-order valence-electron chi connectivity index (χ2n) is 5.77. The van der Waals surface area contributed by atoms with Crippen LogP contribution >= 0.6 is 11.6 Å². The number of carbonyl (C=O) groups excluding carboxylic acids is 1. The Morgan fingerprint density at radius 2 is 1.76 bits per heavy atom. The molecule has 0 aliphatic carbocycles. The number of anilines is 1. The first-order valence-corrected chi connectivity index (χ1v) is 8.33. The SMILES string of the molecule is Cc1ccc(NC(=O)c2cccc(OCc3cccc(Cl)c3)c2)cc1. The molecule has 0 saturated carbocycles. The fourth-order valence-corrected chi connectivity index (χ4v) is 2.57. The summed E-state index contributed by atoms with van der Waals surface area (Å²) in [6.45, 7) is 2.40. The average Bonchev–Trinajstić information content (AvgIpc) is 2.62. The van der Waals surface area contributed by atoms with Crippen molar-refractivity contribution in [3.63, 3.8) is 0 Å². The molecule has 0 atom stereocenters. The van der Waals surface area contributed by atoms with E-state index in [4.69, 9.17) is 16.3 Å². The van der Waals surface area contributed by atoms with E-state index in [9.17, 15) is 4.79 Å². The quantitative estimate of drug-likeness (QED) is 0.661. The van der Waals surface area contributed by atoms with E-state index in [0.29, 0.717) is 22.9 Å². The van der Waals surface area contributed by atoms with Crippen molar-refractivity contribution in [1.82, 2.24) is 0 Å². The molecule has 0 saturated heterocycles. The Balaban J connectivity index is 1.66. The molecule has 1 N–H and O–H groups in total. The third-order valence-corrected chi connectivity index (χ3v) is 3.94. The zero-order valence-corrected chi connectivity index (χ0v) is 14.6. The van der Waals surface area contributed by atoms with Crippen molar-refractivity contribution < 1.29 is 9.53 Å². The van der Waals surface area contributed by atoms with Crippen LogP contribution in [0.3, 0.4) is 0 Å². The van der Waals surface area contributed by atoms with Gasteiger partial charge in [0, 0.05) is 16.3 Å². The Bertz CT molecular complexity index is 875. The highest BCUT2D eigenvalue weighted by molar-refractivity contribution is 6.30. The van der Waals surface area contributed by atoms with E-state index in [-0.39, 0.29) is 5.91 Å². The fraction of sp³-hybridized carbons (Fsp3) is 0.0952. The number of rotatable bonds is 5. The highest BCUT2D eigenvalue weighted by Gasteiger charge is 2.07. The number of amides is 1. The van der Waals surface area contributed by atoms with Crippen molar-refractivity contribution >= 4 is 23.2 Å². The van der Waals surface area contributed by atoms with Crippen LogP contribution in [0, 0.1) is 6.92 Å². The molecule has 0 fully saturated rings. The number of aryl methyl sites for hydroxylation is 1. The van der Waals surface area contributed by atoms with E-state index in [1.807, 2.05) is 61.5 Å². The second-order valence-corrected chi connectivity index (χ2v) is 6.20. The van der Waals surface area contributed by atoms with Crippen LogP contribution < -0.4 is 10.1 Å². The molecule has 0 spiro atoms. The molecule has 0 aromatic heterocycles. The highest BCUT2D eigenvalue weighted by atomic mass is 35.5. The fourth-order valence-electron chi connectivity index (χ4n) is 2.36. The summed E-state index contributed by atoms with van der Waals surface area (Å²) in [5.74, 6) is 0.466. The summed E-state index contributed by atoms with van der Waals surface area (Å²) in [5.41, 5.74) is 3.43. The monoisotopic (exact) mass is 351 g/mol. The first-order valence-electron chi connectivity index (χ1n) is 7.95. The molecular weight excluding hydrogens is 334 g/mol. The van der Waals surface area contributed by atoms with Crippen LogP contribution in [0.1, 0.15) is 21.5 Å². The smallest absolute Gasteiger partial charge is 0.255 e. The van der Waals surface area contributed by atoms with Gasteiger partial charge in [-0.25, -0.2) is 0 Å². The van der Waals surface area contributed by atoms with Gasteiger partial charge in [-0.05, 0) is 55.0 Å². The predicted molar refractivity (Wildman–Crippen MR) is 101 cm³/mol. The topological polar surface area (TPSA) is 38.3 Å². The van der Waals surface area contributed by atoms with Gasteiger partial charge in [0.05, 0.1) is 0 Å². The molecule has 0 aliphatic rings. The number of nitrogens with one attached hydrogen (secondary N) is 1. The maximum atomic E-state index is 12.4. The van der Waals surface area contributed by atoms with Crippen molar-refractivity contribution in [2.75, 3.05) is 5.32 Å². The van der Waals surface area contributed by atoms with Crippen LogP contribution in [-0.4, -0.2) is 5.91 Å². The Hall–Kier alpha value is -2.78. The van der Waals surface area contributed by atoms with Crippen LogP contribution in [0.5, 0.6) is 5.75 Å². The molecule has 3 nitrogen and oxygen atoms in total. The lowest BCUT2D eigenvalue weighted by Gasteiger charge is -2.09. The van der Waals surface area contributed by atoms with Gasteiger partial charge in [-0.1, -0.05) is 47.5 Å². The molecule has 126 valence electrons. The standard InChI is InChI=1S/C21H18ClNO2/c1-15-8-10-19(11-9-15)23-21(24)17-5-3-7-20(13-17)25-14-16-4-2-6-18(22)12-16/h2-13H,14H2,1H3,(H,23,24). The van der Waals surface area contributed by atoms with Crippen molar-refractivity contribution in [3.05, 3.63) is 94.5 Å². The van der Waals surface area contributed by atoms with Crippen molar-refractivity contribution in [3.8, 4) is 5.75 Å². The third kappa shape index (κ3) is 4.85. The van der Waals surface area contributed by atoms with Crippen molar-refractivity contribution in [1.29, 1.82) is 0 Å². The Labute approximate surface area is 152 Å². The summed E-state index contributed by atoms with van der Waals surface area (Å²) in [4.78, 5) is 12.4. The van der Waals surface area contributed by atoms with Gasteiger partial charge in [0.25, 0.3) is 5.91 Å². The van der Waals surface area contributed by atoms with Gasteiger partial charge in [0.2, 0.25) is 0 Å². The number of hydrogen-bond donors (Lipinski definition) is 1. The van der Waals surface area contributed by atoms with Crippen LogP contribution in [0.2, 0.25) is 5.02 Å². The average molecular weight is 352 g/mol. The zero-order valence-electron chi connectivity index (χ0n) is 13.8. The summed E-state index contributed by atoms with van der Waals surface area (Å²) in [6, 6.07) is 22.3. The van der Waals surface area contributed by atoms with Crippen molar-refractivity contribution in [2.24, 2.45) is 0 Å². The van der Waals surface area contributed by atoms with Gasteiger partial charge in [-0.3, -0.25) is 4.79 Å². The molecule has 3 aromatic carbocycles. The van der Waals surface area contributed by atoms with Gasteiger partial charge in [0.1, 0.15) is 12.4 Å². The molecule has 0 bridgehead atoms. The first kappa shape index (κ1) is 17.1. The lowest BCUT2D eigenvalue weighted by atomic mass is 10.2. The Kier molecular flexibility index (Phi) is 5.36. The highest BCUT2D eigenvalue weighted by Crippen LogP contribution is 2.18. The third-order valence-electron chi connectivity index (χ3n) is 3.70. The first-order chi connectivity index (χ1) is 12.1. The molecule has 25 heavy (non-hydrogen) atoms. The van der Waals surface area contributed by atoms with E-state index < -0.39 is 0 Å². The van der Waals surface area contributed by atoms with Crippen LogP contribution in [-0.2, 0) is 6.61 Å². The second kappa shape index (κ2) is 7.86. The largest absolute Gasteiger partial charge is 0.489 e. The minimum absolute atomic E-state index is 0.169. The van der Waals surface area contributed by atoms with E-state index in [2.05, 4.69) is 5.32 Å². The van der Waals surface area contributed by atoms with Gasteiger partial charge >= 0.3 is 0 Å². The summed E-state index contributed by atoms with van der Waals surface area (Å²) >= 11 is 5.97. The number of halogens is 1. The molecular formula is C21H18ClNO2. The van der Waals surface area contributed by atoms with E-state index >= 15 is 0 Å². The van der Waals surface area contributed by atoms with Gasteiger partial charge in [0.15, 0.2) is 0 Å². The van der Waals surface area contributed by atoms with Gasteiger partial charge in [-0.2, -0.15) is 0 Å².